The van der Waals surface area contributed by atoms with E-state index in [1.807, 2.05) is 0 Å². The number of nitrogens with zero attached hydrogens (tertiary/aromatic N) is 2. The van der Waals surface area contributed by atoms with Crippen LogP contribution in [0.3, 0.4) is 0 Å². The Morgan fingerprint density at radius 3 is 2.89 bits per heavy atom. The zero-order valence-electron chi connectivity index (χ0n) is 10.4. The third kappa shape index (κ3) is 2.88. The summed E-state index contributed by atoms with van der Waals surface area (Å²) >= 11 is 1.06. The van der Waals surface area contributed by atoms with E-state index in [1.165, 1.54) is 6.07 Å². The van der Waals surface area contributed by atoms with Crippen molar-refractivity contribution in [2.45, 2.75) is 20.0 Å². The molecule has 19 heavy (non-hydrogen) atoms. The van der Waals surface area contributed by atoms with E-state index in [2.05, 4.69) is 4.98 Å². The molecule has 0 bridgehead atoms. The summed E-state index contributed by atoms with van der Waals surface area (Å²) in [5.74, 6) is 0.463. The lowest BCUT2D eigenvalue weighted by Gasteiger charge is -2.04. The van der Waals surface area contributed by atoms with Gasteiger partial charge in [-0.25, -0.2) is 0 Å². The normalized spacial score (nSPS) is 12.2. The zero-order chi connectivity index (χ0) is 14.0. The molecule has 0 aromatic carbocycles. The predicted molar refractivity (Wildman–Crippen MR) is 70.7 cm³/mol. The molecule has 0 radical (unpaired) electrons. The summed E-state index contributed by atoms with van der Waals surface area (Å²) in [6.45, 7) is 3.30. The molecule has 0 aliphatic rings. The number of thiophene rings is 1. The molecule has 2 aromatic heterocycles. The van der Waals surface area contributed by atoms with E-state index in [1.54, 1.807) is 32.2 Å². The van der Waals surface area contributed by atoms with Gasteiger partial charge in [0.2, 0.25) is 0 Å². The Hall–Kier alpha value is -1.99. The molecule has 0 unspecified atom stereocenters. The van der Waals surface area contributed by atoms with Crippen LogP contribution in [0.15, 0.2) is 24.4 Å². The lowest BCUT2D eigenvalue weighted by molar-refractivity contribution is -0.385. The van der Waals surface area contributed by atoms with E-state index in [0.29, 0.717) is 16.3 Å². The number of rotatable bonds is 4. The average molecular weight is 280 g/mol. The Balaban J connectivity index is 2.39. The van der Waals surface area contributed by atoms with Gasteiger partial charge in [0.05, 0.1) is 16.7 Å². The van der Waals surface area contributed by atoms with Gasteiger partial charge in [-0.05, 0) is 26.0 Å². The van der Waals surface area contributed by atoms with Gasteiger partial charge >= 0.3 is 5.69 Å². The first-order valence-electron chi connectivity index (χ1n) is 5.54. The molecule has 0 saturated carbocycles. The Labute approximate surface area is 113 Å². The molecule has 2 heterocycles. The highest BCUT2D eigenvalue weighted by molar-refractivity contribution is 7.14. The van der Waals surface area contributed by atoms with Crippen molar-refractivity contribution in [3.63, 3.8) is 0 Å². The Morgan fingerprint density at radius 2 is 2.32 bits per heavy atom. The number of pyridine rings is 1. The van der Waals surface area contributed by atoms with Gasteiger partial charge in [-0.2, -0.15) is 0 Å². The first kappa shape index (κ1) is 13.4. The fraction of sp³-hybridized carbons (Fsp3) is 0.250. The molecule has 1 N–H and O–H groups in total. The van der Waals surface area contributed by atoms with E-state index in [9.17, 15) is 15.2 Å². The highest BCUT2D eigenvalue weighted by Gasteiger charge is 2.23. The molecule has 0 amide bonds. The van der Waals surface area contributed by atoms with Crippen molar-refractivity contribution in [1.82, 2.24) is 4.98 Å². The number of nitro groups is 1. The number of aryl methyl sites for hydroxylation is 1. The van der Waals surface area contributed by atoms with Gasteiger partial charge < -0.3 is 9.84 Å². The number of aliphatic hydroxyl groups excluding tert-OH is 1. The van der Waals surface area contributed by atoms with Crippen LogP contribution in [0.2, 0.25) is 0 Å². The monoisotopic (exact) mass is 280 g/mol. The fourth-order valence-electron chi connectivity index (χ4n) is 1.47. The molecule has 7 heteroatoms. The summed E-state index contributed by atoms with van der Waals surface area (Å²) < 4.78 is 5.54. The third-order valence-electron chi connectivity index (χ3n) is 2.47. The standard InChI is InChI=1S/C12H12N2O4S/c1-7-10(4-3-5-13-7)18-12-9(14(16)17)6-11(19-12)8(2)15/h3-6,8,15H,1-2H3/t8-/m0/s1. The van der Waals surface area contributed by atoms with Crippen LogP contribution in [0.4, 0.5) is 5.69 Å². The SMILES string of the molecule is Cc1ncccc1Oc1sc([C@H](C)O)cc1[N+](=O)[O-]. The molecule has 0 aliphatic carbocycles. The van der Waals surface area contributed by atoms with Crippen LogP contribution < -0.4 is 4.74 Å². The lowest BCUT2D eigenvalue weighted by atomic mass is 10.3. The second kappa shape index (κ2) is 5.33. The maximum atomic E-state index is 11.0. The summed E-state index contributed by atoms with van der Waals surface area (Å²) in [6.07, 6.45) is 0.850. The van der Waals surface area contributed by atoms with Crippen molar-refractivity contribution >= 4 is 17.0 Å². The van der Waals surface area contributed by atoms with Crippen molar-refractivity contribution in [2.75, 3.05) is 0 Å². The Kier molecular flexibility index (Phi) is 3.77. The second-order valence-electron chi connectivity index (χ2n) is 3.94. The maximum absolute atomic E-state index is 11.0. The molecule has 1 atom stereocenters. The third-order valence-corrected chi connectivity index (χ3v) is 3.64. The summed E-state index contributed by atoms with van der Waals surface area (Å²) in [5.41, 5.74) is 0.493. The molecule has 2 rings (SSSR count). The van der Waals surface area contributed by atoms with Crippen molar-refractivity contribution in [3.8, 4) is 10.8 Å². The van der Waals surface area contributed by atoms with E-state index in [-0.39, 0.29) is 10.8 Å². The van der Waals surface area contributed by atoms with Crippen molar-refractivity contribution in [3.05, 3.63) is 45.1 Å². The first-order chi connectivity index (χ1) is 8.99. The van der Waals surface area contributed by atoms with Crippen LogP contribution in [0.5, 0.6) is 10.8 Å². The molecule has 6 nitrogen and oxygen atoms in total. The molecule has 2 aromatic rings. The van der Waals surface area contributed by atoms with E-state index < -0.39 is 11.0 Å². The molecule has 100 valence electrons. The first-order valence-corrected chi connectivity index (χ1v) is 6.36. The Bertz CT molecular complexity index is 610. The van der Waals surface area contributed by atoms with Gasteiger partial charge in [0.1, 0.15) is 5.75 Å². The van der Waals surface area contributed by atoms with Crippen LogP contribution in [-0.2, 0) is 0 Å². The van der Waals surface area contributed by atoms with Gasteiger partial charge in [-0.3, -0.25) is 15.1 Å². The van der Waals surface area contributed by atoms with E-state index in [0.717, 1.165) is 11.3 Å². The van der Waals surface area contributed by atoms with Crippen LogP contribution in [0.25, 0.3) is 0 Å². The predicted octanol–water partition coefficient (Wildman–Crippen LogP) is 3.21. The van der Waals surface area contributed by atoms with E-state index in [4.69, 9.17) is 4.74 Å². The topological polar surface area (TPSA) is 85.5 Å². The summed E-state index contributed by atoms with van der Waals surface area (Å²) in [4.78, 5) is 15.0. The lowest BCUT2D eigenvalue weighted by Crippen LogP contribution is -1.91. The summed E-state index contributed by atoms with van der Waals surface area (Å²) in [6, 6.07) is 4.71. The molecule has 0 spiro atoms. The van der Waals surface area contributed by atoms with Crippen LogP contribution in [-0.4, -0.2) is 15.0 Å². The number of ether oxygens (including phenoxy) is 1. The summed E-state index contributed by atoms with van der Waals surface area (Å²) in [7, 11) is 0. The average Bonchev–Trinajstić information content (AvgIpc) is 2.76. The molecule has 0 fully saturated rings. The van der Waals surface area contributed by atoms with Gasteiger partial charge in [0.15, 0.2) is 0 Å². The van der Waals surface area contributed by atoms with Crippen molar-refractivity contribution < 1.29 is 14.8 Å². The number of aliphatic hydroxyl groups is 1. The molecular formula is C12H12N2O4S. The number of hydrogen-bond acceptors (Lipinski definition) is 6. The second-order valence-corrected chi connectivity index (χ2v) is 4.99. The molecular weight excluding hydrogens is 268 g/mol. The number of hydrogen-bond donors (Lipinski definition) is 1. The largest absolute Gasteiger partial charge is 0.438 e. The quantitative estimate of drug-likeness (QED) is 0.686. The van der Waals surface area contributed by atoms with Crippen molar-refractivity contribution in [1.29, 1.82) is 0 Å². The van der Waals surface area contributed by atoms with E-state index >= 15 is 0 Å². The van der Waals surface area contributed by atoms with Gasteiger partial charge in [0, 0.05) is 17.1 Å². The van der Waals surface area contributed by atoms with Gasteiger partial charge in [-0.1, -0.05) is 11.3 Å². The zero-order valence-corrected chi connectivity index (χ0v) is 11.2. The molecule has 0 aliphatic heterocycles. The van der Waals surface area contributed by atoms with Crippen LogP contribution >= 0.6 is 11.3 Å². The van der Waals surface area contributed by atoms with Crippen LogP contribution in [0, 0.1) is 17.0 Å². The fourth-order valence-corrected chi connectivity index (χ4v) is 2.39. The smallest absolute Gasteiger partial charge is 0.323 e. The maximum Gasteiger partial charge on any atom is 0.323 e. The minimum Gasteiger partial charge on any atom is -0.438 e. The highest BCUT2D eigenvalue weighted by atomic mass is 32.1. The number of aromatic nitrogens is 1. The van der Waals surface area contributed by atoms with Gasteiger partial charge in [0.25, 0.3) is 5.06 Å². The van der Waals surface area contributed by atoms with Gasteiger partial charge in [-0.15, -0.1) is 0 Å². The van der Waals surface area contributed by atoms with Crippen molar-refractivity contribution in [2.24, 2.45) is 0 Å². The minimum absolute atomic E-state index is 0.149. The molecule has 0 saturated heterocycles. The Morgan fingerprint density at radius 1 is 1.58 bits per heavy atom. The van der Waals surface area contributed by atoms with Crippen LogP contribution in [0.1, 0.15) is 23.6 Å². The highest BCUT2D eigenvalue weighted by Crippen LogP contribution is 2.42. The minimum atomic E-state index is -0.768. The summed E-state index contributed by atoms with van der Waals surface area (Å²) in [5, 5.41) is 20.6.